The van der Waals surface area contributed by atoms with Gasteiger partial charge < -0.3 is 10.6 Å². The second-order valence-corrected chi connectivity index (χ2v) is 3.07. The quantitative estimate of drug-likeness (QED) is 0.459. The molecule has 0 saturated carbocycles. The maximum absolute atomic E-state index is 11.3. The number of carbonyl (C=O) groups is 2. The summed E-state index contributed by atoms with van der Waals surface area (Å²) in [4.78, 5) is 22.4. The van der Waals surface area contributed by atoms with Gasteiger partial charge in [0.2, 0.25) is 0 Å². The molecule has 0 bridgehead atoms. The van der Waals surface area contributed by atoms with Crippen LogP contribution in [0.25, 0.3) is 0 Å². The Morgan fingerprint density at radius 1 is 1.62 bits per heavy atom. The molecule has 1 heterocycles. The van der Waals surface area contributed by atoms with E-state index in [4.69, 9.17) is 5.26 Å². The van der Waals surface area contributed by atoms with E-state index in [1.807, 2.05) is 0 Å². The SMILES string of the molecule is CC(NC(=O)C(=O)NCC#N)c1cn[nH]c1. The Labute approximate surface area is 91.8 Å². The molecule has 0 fully saturated rings. The summed E-state index contributed by atoms with van der Waals surface area (Å²) in [5.74, 6) is -1.60. The fourth-order valence-corrected chi connectivity index (χ4v) is 1.04. The second-order valence-electron chi connectivity index (χ2n) is 3.07. The van der Waals surface area contributed by atoms with Gasteiger partial charge in [-0.3, -0.25) is 14.7 Å². The van der Waals surface area contributed by atoms with Gasteiger partial charge in [-0.25, -0.2) is 0 Å². The number of aromatic nitrogens is 2. The van der Waals surface area contributed by atoms with Gasteiger partial charge in [0.15, 0.2) is 0 Å². The number of nitrogens with zero attached hydrogens (tertiary/aromatic N) is 2. The molecule has 7 nitrogen and oxygen atoms in total. The first-order chi connectivity index (χ1) is 7.65. The van der Waals surface area contributed by atoms with Crippen molar-refractivity contribution in [1.82, 2.24) is 20.8 Å². The third kappa shape index (κ3) is 3.09. The molecule has 7 heteroatoms. The Balaban J connectivity index is 2.46. The van der Waals surface area contributed by atoms with Gasteiger partial charge in [-0.1, -0.05) is 0 Å². The average Bonchev–Trinajstić information content (AvgIpc) is 2.79. The number of nitriles is 1. The molecule has 16 heavy (non-hydrogen) atoms. The second kappa shape index (κ2) is 5.50. The Morgan fingerprint density at radius 2 is 2.38 bits per heavy atom. The van der Waals surface area contributed by atoms with Crippen molar-refractivity contribution >= 4 is 11.8 Å². The van der Waals surface area contributed by atoms with Crippen LogP contribution >= 0.6 is 0 Å². The molecule has 0 aromatic carbocycles. The van der Waals surface area contributed by atoms with Crippen LogP contribution in [0.2, 0.25) is 0 Å². The van der Waals surface area contributed by atoms with Crippen LogP contribution in [0.15, 0.2) is 12.4 Å². The summed E-state index contributed by atoms with van der Waals surface area (Å²) < 4.78 is 0. The minimum absolute atomic E-state index is 0.188. The molecule has 1 aromatic heterocycles. The van der Waals surface area contributed by atoms with Crippen molar-refractivity contribution < 1.29 is 9.59 Å². The highest BCUT2D eigenvalue weighted by molar-refractivity contribution is 6.35. The Kier molecular flexibility index (Phi) is 4.03. The highest BCUT2D eigenvalue weighted by Crippen LogP contribution is 2.08. The maximum Gasteiger partial charge on any atom is 0.310 e. The minimum atomic E-state index is -0.822. The highest BCUT2D eigenvalue weighted by Gasteiger charge is 2.16. The molecule has 1 rings (SSSR count). The van der Waals surface area contributed by atoms with E-state index in [2.05, 4.69) is 20.8 Å². The first kappa shape index (κ1) is 11.7. The van der Waals surface area contributed by atoms with Gasteiger partial charge in [-0.05, 0) is 6.92 Å². The molecule has 0 spiro atoms. The lowest BCUT2D eigenvalue weighted by atomic mass is 10.2. The molecule has 0 aliphatic carbocycles. The molecule has 0 radical (unpaired) electrons. The standard InChI is InChI=1S/C9H11N5O2/c1-6(7-4-12-13-5-7)14-9(16)8(15)11-3-2-10/h4-6H,3H2,1H3,(H,11,15)(H,12,13)(H,14,16). The van der Waals surface area contributed by atoms with Crippen molar-refractivity contribution in [1.29, 1.82) is 5.26 Å². The number of amides is 2. The summed E-state index contributed by atoms with van der Waals surface area (Å²) in [5, 5.41) is 19.2. The van der Waals surface area contributed by atoms with E-state index in [9.17, 15) is 9.59 Å². The zero-order valence-electron chi connectivity index (χ0n) is 8.65. The lowest BCUT2D eigenvalue weighted by molar-refractivity contribution is -0.139. The van der Waals surface area contributed by atoms with E-state index >= 15 is 0 Å². The van der Waals surface area contributed by atoms with Crippen LogP contribution < -0.4 is 10.6 Å². The number of rotatable bonds is 3. The number of hydrogen-bond donors (Lipinski definition) is 3. The van der Waals surface area contributed by atoms with Crippen LogP contribution in [0.5, 0.6) is 0 Å². The third-order valence-electron chi connectivity index (χ3n) is 1.90. The predicted molar refractivity (Wildman–Crippen MR) is 53.8 cm³/mol. The number of nitrogens with one attached hydrogen (secondary N) is 3. The topological polar surface area (TPSA) is 111 Å². The monoisotopic (exact) mass is 221 g/mol. The van der Waals surface area contributed by atoms with Gasteiger partial charge in [0, 0.05) is 11.8 Å². The van der Waals surface area contributed by atoms with Crippen molar-refractivity contribution in [3.63, 3.8) is 0 Å². The smallest absolute Gasteiger partial charge is 0.310 e. The zero-order chi connectivity index (χ0) is 12.0. The Hall–Kier alpha value is -2.36. The van der Waals surface area contributed by atoms with E-state index in [1.54, 1.807) is 25.4 Å². The van der Waals surface area contributed by atoms with Crippen molar-refractivity contribution in [3.05, 3.63) is 18.0 Å². The summed E-state index contributed by atoms with van der Waals surface area (Å²) in [7, 11) is 0. The van der Waals surface area contributed by atoms with Gasteiger partial charge in [-0.15, -0.1) is 0 Å². The van der Waals surface area contributed by atoms with Crippen LogP contribution in [0.4, 0.5) is 0 Å². The molecule has 2 amide bonds. The minimum Gasteiger partial charge on any atom is -0.341 e. The molecule has 1 unspecified atom stereocenters. The fourth-order valence-electron chi connectivity index (χ4n) is 1.04. The number of aromatic amines is 1. The van der Waals surface area contributed by atoms with E-state index in [0.717, 1.165) is 5.56 Å². The lowest BCUT2D eigenvalue weighted by Crippen LogP contribution is -2.40. The van der Waals surface area contributed by atoms with Crippen LogP contribution in [-0.4, -0.2) is 28.6 Å². The van der Waals surface area contributed by atoms with E-state index < -0.39 is 11.8 Å². The summed E-state index contributed by atoms with van der Waals surface area (Å²) in [6.07, 6.45) is 3.18. The van der Waals surface area contributed by atoms with Crippen molar-refractivity contribution in [2.75, 3.05) is 6.54 Å². The molecule has 3 N–H and O–H groups in total. The van der Waals surface area contributed by atoms with Crippen LogP contribution in [0, 0.1) is 11.3 Å². The molecule has 0 aliphatic heterocycles. The predicted octanol–water partition coefficient (Wildman–Crippen LogP) is -0.773. The highest BCUT2D eigenvalue weighted by atomic mass is 16.2. The number of H-pyrrole nitrogens is 1. The number of carbonyl (C=O) groups excluding carboxylic acids is 2. The molecule has 1 atom stereocenters. The van der Waals surface area contributed by atoms with Crippen LogP contribution in [0.3, 0.4) is 0 Å². The van der Waals surface area contributed by atoms with E-state index in [1.165, 1.54) is 0 Å². The average molecular weight is 221 g/mol. The summed E-state index contributed by atoms with van der Waals surface area (Å²) in [6, 6.07) is 1.39. The van der Waals surface area contributed by atoms with Crippen molar-refractivity contribution in [2.24, 2.45) is 0 Å². The van der Waals surface area contributed by atoms with Gasteiger partial charge in [0.25, 0.3) is 0 Å². The third-order valence-corrected chi connectivity index (χ3v) is 1.90. The van der Waals surface area contributed by atoms with Gasteiger partial charge >= 0.3 is 11.8 Å². The lowest BCUT2D eigenvalue weighted by Gasteiger charge is -2.10. The summed E-state index contributed by atoms with van der Waals surface area (Å²) >= 11 is 0. The van der Waals surface area contributed by atoms with Gasteiger partial charge in [0.05, 0.1) is 18.3 Å². The van der Waals surface area contributed by atoms with Crippen LogP contribution in [-0.2, 0) is 9.59 Å². The molecular weight excluding hydrogens is 210 g/mol. The molecule has 1 aromatic rings. The first-order valence-electron chi connectivity index (χ1n) is 4.59. The summed E-state index contributed by atoms with van der Waals surface area (Å²) in [6.45, 7) is 1.53. The number of hydrogen-bond acceptors (Lipinski definition) is 4. The molecule has 0 saturated heterocycles. The molecular formula is C9H11N5O2. The largest absolute Gasteiger partial charge is 0.341 e. The van der Waals surface area contributed by atoms with E-state index in [-0.39, 0.29) is 12.6 Å². The molecule has 0 aliphatic rings. The van der Waals surface area contributed by atoms with Gasteiger partial charge in [-0.2, -0.15) is 10.4 Å². The van der Waals surface area contributed by atoms with Crippen molar-refractivity contribution in [3.8, 4) is 6.07 Å². The normalized spacial score (nSPS) is 11.2. The Morgan fingerprint density at radius 3 is 2.94 bits per heavy atom. The summed E-state index contributed by atoms with van der Waals surface area (Å²) in [5.41, 5.74) is 0.765. The fraction of sp³-hybridized carbons (Fsp3) is 0.333. The Bertz CT molecular complexity index is 406. The zero-order valence-corrected chi connectivity index (χ0v) is 8.65. The van der Waals surface area contributed by atoms with Crippen molar-refractivity contribution in [2.45, 2.75) is 13.0 Å². The first-order valence-corrected chi connectivity index (χ1v) is 4.59. The van der Waals surface area contributed by atoms with Crippen LogP contribution in [0.1, 0.15) is 18.5 Å². The molecule has 84 valence electrons. The van der Waals surface area contributed by atoms with E-state index in [0.29, 0.717) is 0 Å². The maximum atomic E-state index is 11.3. The van der Waals surface area contributed by atoms with Gasteiger partial charge in [0.1, 0.15) is 6.54 Å².